The smallest absolute Gasteiger partial charge is 0.181 e. The van der Waals surface area contributed by atoms with Crippen molar-refractivity contribution in [3.63, 3.8) is 0 Å². The number of hydrogen-bond acceptors (Lipinski definition) is 1. The van der Waals surface area contributed by atoms with Crippen LogP contribution in [0.1, 0.15) is 39.0 Å². The van der Waals surface area contributed by atoms with Crippen LogP contribution >= 0.6 is 0 Å². The Kier molecular flexibility index (Phi) is 5.26. The predicted molar refractivity (Wildman–Crippen MR) is 116 cm³/mol. The molecule has 1 aliphatic heterocycles. The number of benzene rings is 2. The molecule has 0 spiro atoms. The normalized spacial score (nSPS) is 22.1. The van der Waals surface area contributed by atoms with Crippen LogP contribution in [0.5, 0.6) is 0 Å². The zero-order valence-electron chi connectivity index (χ0n) is 16.2. The SMILES string of the molecule is CCCCC/C=C1\C(=O)C=C2C1CC[Si]2(c1ccccc1)c1ccccc1. The average molecular weight is 373 g/mol. The number of unbranched alkanes of at least 4 members (excludes halogenated alkanes) is 3. The van der Waals surface area contributed by atoms with Crippen molar-refractivity contribution in [3.05, 3.63) is 83.6 Å². The Balaban J connectivity index is 1.75. The van der Waals surface area contributed by atoms with E-state index >= 15 is 0 Å². The molecule has 0 bridgehead atoms. The fourth-order valence-electron chi connectivity index (χ4n) is 5.03. The molecule has 0 aromatic heterocycles. The first-order valence-electron chi connectivity index (χ1n) is 10.3. The second-order valence-electron chi connectivity index (χ2n) is 7.85. The summed E-state index contributed by atoms with van der Waals surface area (Å²) in [6, 6.07) is 23.2. The van der Waals surface area contributed by atoms with Crippen LogP contribution in [0.4, 0.5) is 0 Å². The van der Waals surface area contributed by atoms with Crippen LogP contribution in [-0.4, -0.2) is 13.9 Å². The molecule has 1 aliphatic carbocycles. The van der Waals surface area contributed by atoms with E-state index in [1.807, 2.05) is 6.08 Å². The monoisotopic (exact) mass is 372 g/mol. The molecule has 2 heteroatoms. The van der Waals surface area contributed by atoms with Gasteiger partial charge in [0, 0.05) is 11.5 Å². The number of allylic oxidation sites excluding steroid dienone is 4. The third kappa shape index (κ3) is 3.17. The minimum atomic E-state index is -2.05. The van der Waals surface area contributed by atoms with Crippen LogP contribution in [0.15, 0.2) is 83.6 Å². The Hall–Kier alpha value is -2.19. The number of fused-ring (bicyclic) bond motifs is 1. The van der Waals surface area contributed by atoms with Gasteiger partial charge in [-0.25, -0.2) is 0 Å². The van der Waals surface area contributed by atoms with E-state index in [0.717, 1.165) is 18.4 Å². The molecule has 1 saturated heterocycles. The highest BCUT2D eigenvalue weighted by Gasteiger charge is 2.52. The van der Waals surface area contributed by atoms with Crippen molar-refractivity contribution in [2.45, 2.75) is 45.1 Å². The molecule has 1 unspecified atom stereocenters. The first-order valence-corrected chi connectivity index (χ1v) is 12.6. The van der Waals surface area contributed by atoms with Gasteiger partial charge in [0.2, 0.25) is 0 Å². The first kappa shape index (κ1) is 18.2. The lowest BCUT2D eigenvalue weighted by molar-refractivity contribution is -0.111. The Bertz CT molecular complexity index is 824. The number of carbonyl (C=O) groups is 1. The Morgan fingerprint density at radius 2 is 1.59 bits per heavy atom. The van der Waals surface area contributed by atoms with E-state index in [2.05, 4.69) is 73.7 Å². The largest absolute Gasteiger partial charge is 0.290 e. The van der Waals surface area contributed by atoms with Crippen molar-refractivity contribution in [3.8, 4) is 0 Å². The van der Waals surface area contributed by atoms with E-state index in [1.54, 1.807) is 0 Å². The maximum Gasteiger partial charge on any atom is 0.181 e. The van der Waals surface area contributed by atoms with Gasteiger partial charge < -0.3 is 0 Å². The molecule has 2 aromatic rings. The maximum absolute atomic E-state index is 12.9. The van der Waals surface area contributed by atoms with Gasteiger partial charge in [0.05, 0.1) is 0 Å². The molecule has 1 atom stereocenters. The van der Waals surface area contributed by atoms with Gasteiger partial charge in [0.25, 0.3) is 0 Å². The highest BCUT2D eigenvalue weighted by atomic mass is 28.3. The molecule has 2 aromatic carbocycles. The van der Waals surface area contributed by atoms with Crippen LogP contribution in [0.3, 0.4) is 0 Å². The minimum absolute atomic E-state index is 0.273. The minimum Gasteiger partial charge on any atom is -0.290 e. The molecule has 0 amide bonds. The van der Waals surface area contributed by atoms with Crippen LogP contribution < -0.4 is 10.4 Å². The Labute approximate surface area is 163 Å². The first-order chi connectivity index (χ1) is 13.3. The lowest BCUT2D eigenvalue weighted by atomic mass is 9.97. The summed E-state index contributed by atoms with van der Waals surface area (Å²) in [5.41, 5.74) is 1.09. The highest BCUT2D eigenvalue weighted by molar-refractivity contribution is 7.08. The molecule has 1 heterocycles. The van der Waals surface area contributed by atoms with E-state index in [1.165, 1.54) is 40.9 Å². The molecule has 1 nitrogen and oxygen atoms in total. The maximum atomic E-state index is 12.9. The van der Waals surface area contributed by atoms with E-state index in [4.69, 9.17) is 0 Å². The zero-order valence-corrected chi connectivity index (χ0v) is 17.2. The van der Waals surface area contributed by atoms with Crippen molar-refractivity contribution in [1.29, 1.82) is 0 Å². The van der Waals surface area contributed by atoms with E-state index in [-0.39, 0.29) is 5.78 Å². The van der Waals surface area contributed by atoms with Gasteiger partial charge in [-0.15, -0.1) is 0 Å². The summed E-state index contributed by atoms with van der Waals surface area (Å²) in [5.74, 6) is 0.626. The zero-order chi connectivity index (χ0) is 18.7. The van der Waals surface area contributed by atoms with Crippen LogP contribution in [-0.2, 0) is 4.79 Å². The van der Waals surface area contributed by atoms with Gasteiger partial charge in [-0.3, -0.25) is 4.79 Å². The summed E-state index contributed by atoms with van der Waals surface area (Å²) in [5, 5.41) is 4.35. The standard InChI is InChI=1S/C25H28OSi/c1-2-3-4-11-16-22-23-17-18-27(25(23)19-24(22)26,20-12-7-5-8-13-20)21-14-9-6-10-15-21/h5-10,12-16,19,23H,2-4,11,17-18H2,1H3/b22-16-. The highest BCUT2D eigenvalue weighted by Crippen LogP contribution is 2.46. The third-order valence-corrected chi connectivity index (χ3v) is 11.5. The molecule has 27 heavy (non-hydrogen) atoms. The fourth-order valence-corrected chi connectivity index (χ4v) is 10.4. The lowest BCUT2D eigenvalue weighted by Gasteiger charge is -2.30. The summed E-state index contributed by atoms with van der Waals surface area (Å²) in [6.07, 6.45) is 10.1. The van der Waals surface area contributed by atoms with Crippen LogP contribution in [0.25, 0.3) is 0 Å². The van der Waals surface area contributed by atoms with E-state index in [9.17, 15) is 4.79 Å². The summed E-state index contributed by atoms with van der Waals surface area (Å²) in [6.45, 7) is 2.23. The summed E-state index contributed by atoms with van der Waals surface area (Å²) in [7, 11) is -2.05. The molecule has 2 aliphatic rings. The summed E-state index contributed by atoms with van der Waals surface area (Å²) in [4.78, 5) is 12.9. The molecule has 4 rings (SSSR count). The Morgan fingerprint density at radius 3 is 2.19 bits per heavy atom. The van der Waals surface area contributed by atoms with Crippen molar-refractivity contribution >= 4 is 24.2 Å². The van der Waals surface area contributed by atoms with Crippen LogP contribution in [0, 0.1) is 5.92 Å². The number of rotatable bonds is 6. The van der Waals surface area contributed by atoms with Gasteiger partial charge in [-0.2, -0.15) is 0 Å². The van der Waals surface area contributed by atoms with Gasteiger partial charge in [-0.05, 0) is 41.8 Å². The number of carbonyl (C=O) groups excluding carboxylic acids is 1. The fraction of sp³-hybridized carbons (Fsp3) is 0.320. The summed E-state index contributed by atoms with van der Waals surface area (Å²) < 4.78 is 0. The predicted octanol–water partition coefficient (Wildman–Crippen LogP) is 4.82. The molecular formula is C25H28OSi. The molecule has 138 valence electrons. The van der Waals surface area contributed by atoms with Crippen molar-refractivity contribution < 1.29 is 4.79 Å². The molecule has 1 fully saturated rings. The van der Waals surface area contributed by atoms with Gasteiger partial charge in [0.1, 0.15) is 8.07 Å². The molecule has 0 N–H and O–H groups in total. The molecule has 0 saturated carbocycles. The Morgan fingerprint density at radius 1 is 0.963 bits per heavy atom. The average Bonchev–Trinajstić information content (AvgIpc) is 3.23. The number of hydrogen-bond donors (Lipinski definition) is 0. The van der Waals surface area contributed by atoms with Gasteiger partial charge in [0.15, 0.2) is 5.78 Å². The van der Waals surface area contributed by atoms with Crippen LogP contribution in [0.2, 0.25) is 6.04 Å². The van der Waals surface area contributed by atoms with Crippen molar-refractivity contribution in [1.82, 2.24) is 0 Å². The second kappa shape index (κ2) is 7.81. The van der Waals surface area contributed by atoms with E-state index < -0.39 is 8.07 Å². The number of ketones is 1. The van der Waals surface area contributed by atoms with E-state index in [0.29, 0.717) is 5.92 Å². The molecule has 0 radical (unpaired) electrons. The van der Waals surface area contributed by atoms with Crippen molar-refractivity contribution in [2.75, 3.05) is 0 Å². The van der Waals surface area contributed by atoms with Gasteiger partial charge in [-0.1, -0.05) is 91.7 Å². The topological polar surface area (TPSA) is 17.1 Å². The van der Waals surface area contributed by atoms with Gasteiger partial charge >= 0.3 is 0 Å². The molecular weight excluding hydrogens is 344 g/mol. The lowest BCUT2D eigenvalue weighted by Crippen LogP contribution is -2.58. The second-order valence-corrected chi connectivity index (χ2v) is 11.9. The quantitative estimate of drug-likeness (QED) is 0.403. The third-order valence-electron chi connectivity index (χ3n) is 6.33. The summed E-state index contributed by atoms with van der Waals surface area (Å²) >= 11 is 0. The van der Waals surface area contributed by atoms with Crippen molar-refractivity contribution in [2.24, 2.45) is 5.92 Å².